The highest BCUT2D eigenvalue weighted by atomic mass is 16.7. The molecular formula is C20H22O6. The second kappa shape index (κ2) is 9.22. The standard InChI is InChI=1S/C20H22O6/c1-2-11-23-16-7-9-18(10-8-16)26-20(21)15-3-5-17(6-4-15)25-14-22-12-19-13-24-19/h3-10,19H,2,11-14H2,1H3. The summed E-state index contributed by atoms with van der Waals surface area (Å²) in [6.07, 6.45) is 1.15. The van der Waals surface area contributed by atoms with Gasteiger partial charge in [-0.05, 0) is 55.0 Å². The number of epoxide rings is 1. The molecule has 6 nitrogen and oxygen atoms in total. The van der Waals surface area contributed by atoms with Gasteiger partial charge in [-0.3, -0.25) is 0 Å². The molecule has 0 aromatic heterocycles. The lowest BCUT2D eigenvalue weighted by Gasteiger charge is -2.08. The van der Waals surface area contributed by atoms with Crippen LogP contribution in [0.2, 0.25) is 0 Å². The van der Waals surface area contributed by atoms with Gasteiger partial charge in [-0.15, -0.1) is 0 Å². The average molecular weight is 358 g/mol. The Labute approximate surface area is 152 Å². The number of benzene rings is 2. The molecule has 1 aliphatic heterocycles. The van der Waals surface area contributed by atoms with E-state index in [-0.39, 0.29) is 12.9 Å². The molecule has 6 heteroatoms. The molecule has 1 unspecified atom stereocenters. The molecular weight excluding hydrogens is 336 g/mol. The Bertz CT molecular complexity index is 691. The van der Waals surface area contributed by atoms with E-state index in [4.69, 9.17) is 23.7 Å². The fourth-order valence-electron chi connectivity index (χ4n) is 2.13. The summed E-state index contributed by atoms with van der Waals surface area (Å²) in [6, 6.07) is 13.7. The van der Waals surface area contributed by atoms with Crippen LogP contribution in [0.3, 0.4) is 0 Å². The largest absolute Gasteiger partial charge is 0.494 e. The fourth-order valence-corrected chi connectivity index (χ4v) is 2.13. The van der Waals surface area contributed by atoms with Gasteiger partial charge in [0.2, 0.25) is 0 Å². The first-order valence-electron chi connectivity index (χ1n) is 8.62. The number of carbonyl (C=O) groups excluding carboxylic acids is 1. The molecule has 0 amide bonds. The Hall–Kier alpha value is -2.57. The van der Waals surface area contributed by atoms with Crippen molar-refractivity contribution < 1.29 is 28.5 Å². The van der Waals surface area contributed by atoms with E-state index in [1.807, 2.05) is 6.92 Å². The van der Waals surface area contributed by atoms with Gasteiger partial charge in [-0.1, -0.05) is 6.92 Å². The van der Waals surface area contributed by atoms with Gasteiger partial charge in [0.25, 0.3) is 0 Å². The maximum atomic E-state index is 12.2. The summed E-state index contributed by atoms with van der Waals surface area (Å²) in [5, 5.41) is 0. The van der Waals surface area contributed by atoms with E-state index < -0.39 is 5.97 Å². The molecule has 1 aliphatic rings. The minimum atomic E-state index is -0.430. The van der Waals surface area contributed by atoms with E-state index in [2.05, 4.69) is 0 Å². The van der Waals surface area contributed by atoms with Crippen LogP contribution in [0.1, 0.15) is 23.7 Å². The van der Waals surface area contributed by atoms with Gasteiger partial charge in [0, 0.05) is 0 Å². The third-order valence-corrected chi connectivity index (χ3v) is 3.61. The van der Waals surface area contributed by atoms with Crippen molar-refractivity contribution in [3.8, 4) is 17.2 Å². The first kappa shape index (κ1) is 18.2. The predicted octanol–water partition coefficient (Wildman–Crippen LogP) is 3.45. The quantitative estimate of drug-likeness (QED) is 0.213. The molecule has 1 fully saturated rings. The lowest BCUT2D eigenvalue weighted by molar-refractivity contribution is 0.00821. The Morgan fingerprint density at radius 3 is 2.27 bits per heavy atom. The number of carbonyl (C=O) groups is 1. The molecule has 138 valence electrons. The van der Waals surface area contributed by atoms with Crippen molar-refractivity contribution in [1.29, 1.82) is 0 Å². The summed E-state index contributed by atoms with van der Waals surface area (Å²) < 4.78 is 26.6. The molecule has 26 heavy (non-hydrogen) atoms. The fraction of sp³-hybridized carbons (Fsp3) is 0.350. The normalized spacial score (nSPS) is 15.3. The Kier molecular flexibility index (Phi) is 6.46. The van der Waals surface area contributed by atoms with Crippen molar-refractivity contribution in [2.24, 2.45) is 0 Å². The Morgan fingerprint density at radius 2 is 1.62 bits per heavy atom. The van der Waals surface area contributed by atoms with Crippen molar-refractivity contribution in [2.75, 3.05) is 26.6 Å². The van der Waals surface area contributed by atoms with Gasteiger partial charge in [0.05, 0.1) is 25.4 Å². The predicted molar refractivity (Wildman–Crippen MR) is 94.8 cm³/mol. The third kappa shape index (κ3) is 5.75. The summed E-state index contributed by atoms with van der Waals surface area (Å²) >= 11 is 0. The zero-order valence-corrected chi connectivity index (χ0v) is 14.7. The van der Waals surface area contributed by atoms with Crippen LogP contribution in [-0.4, -0.2) is 38.7 Å². The highest BCUT2D eigenvalue weighted by molar-refractivity contribution is 5.91. The van der Waals surface area contributed by atoms with E-state index in [0.29, 0.717) is 30.3 Å². The highest BCUT2D eigenvalue weighted by Crippen LogP contribution is 2.20. The van der Waals surface area contributed by atoms with E-state index in [0.717, 1.165) is 18.8 Å². The maximum Gasteiger partial charge on any atom is 0.343 e. The van der Waals surface area contributed by atoms with Gasteiger partial charge in [-0.2, -0.15) is 0 Å². The Morgan fingerprint density at radius 1 is 1.00 bits per heavy atom. The molecule has 0 saturated carbocycles. The van der Waals surface area contributed by atoms with Crippen LogP contribution in [0.4, 0.5) is 0 Å². The number of hydrogen-bond acceptors (Lipinski definition) is 6. The summed E-state index contributed by atoms with van der Waals surface area (Å²) in [6.45, 7) is 4.14. The summed E-state index contributed by atoms with van der Waals surface area (Å²) in [7, 11) is 0. The van der Waals surface area contributed by atoms with Crippen molar-refractivity contribution in [3.63, 3.8) is 0 Å². The van der Waals surface area contributed by atoms with Crippen molar-refractivity contribution in [3.05, 3.63) is 54.1 Å². The second-order valence-electron chi connectivity index (χ2n) is 5.82. The van der Waals surface area contributed by atoms with Crippen LogP contribution < -0.4 is 14.2 Å². The van der Waals surface area contributed by atoms with E-state index in [1.54, 1.807) is 48.5 Å². The van der Waals surface area contributed by atoms with Gasteiger partial charge in [0.1, 0.15) is 23.4 Å². The minimum absolute atomic E-state index is 0.149. The topological polar surface area (TPSA) is 66.5 Å². The molecule has 0 aliphatic carbocycles. The summed E-state index contributed by atoms with van der Waals surface area (Å²) in [5.74, 6) is 1.41. The van der Waals surface area contributed by atoms with Crippen LogP contribution in [0.25, 0.3) is 0 Å². The Balaban J connectivity index is 1.46. The number of rotatable bonds is 10. The van der Waals surface area contributed by atoms with Gasteiger partial charge < -0.3 is 23.7 Å². The first-order valence-corrected chi connectivity index (χ1v) is 8.62. The van der Waals surface area contributed by atoms with Gasteiger partial charge >= 0.3 is 5.97 Å². The molecule has 0 N–H and O–H groups in total. The van der Waals surface area contributed by atoms with E-state index in [1.165, 1.54) is 0 Å². The van der Waals surface area contributed by atoms with Crippen molar-refractivity contribution in [1.82, 2.24) is 0 Å². The zero-order valence-electron chi connectivity index (χ0n) is 14.7. The molecule has 2 aromatic rings. The minimum Gasteiger partial charge on any atom is -0.494 e. The van der Waals surface area contributed by atoms with Gasteiger partial charge in [0.15, 0.2) is 6.79 Å². The van der Waals surface area contributed by atoms with E-state index in [9.17, 15) is 4.79 Å². The van der Waals surface area contributed by atoms with Crippen LogP contribution in [0, 0.1) is 0 Å². The van der Waals surface area contributed by atoms with Crippen LogP contribution in [-0.2, 0) is 9.47 Å². The monoisotopic (exact) mass is 358 g/mol. The van der Waals surface area contributed by atoms with Crippen LogP contribution in [0.15, 0.2) is 48.5 Å². The number of esters is 1. The van der Waals surface area contributed by atoms with Crippen molar-refractivity contribution in [2.45, 2.75) is 19.4 Å². The molecule has 0 spiro atoms. The SMILES string of the molecule is CCCOc1ccc(OC(=O)c2ccc(OCOCC3CO3)cc2)cc1. The number of ether oxygens (including phenoxy) is 5. The lowest BCUT2D eigenvalue weighted by Crippen LogP contribution is -2.09. The van der Waals surface area contributed by atoms with Crippen LogP contribution in [0.5, 0.6) is 17.2 Å². The lowest BCUT2D eigenvalue weighted by atomic mass is 10.2. The first-order chi connectivity index (χ1) is 12.7. The molecule has 3 rings (SSSR count). The van der Waals surface area contributed by atoms with Gasteiger partial charge in [-0.25, -0.2) is 4.79 Å². The second-order valence-corrected chi connectivity index (χ2v) is 5.82. The highest BCUT2D eigenvalue weighted by Gasteiger charge is 2.22. The summed E-state index contributed by atoms with van der Waals surface area (Å²) in [5.41, 5.74) is 0.441. The number of hydrogen-bond donors (Lipinski definition) is 0. The molecule has 0 radical (unpaired) electrons. The molecule has 1 heterocycles. The third-order valence-electron chi connectivity index (χ3n) is 3.61. The molecule has 1 saturated heterocycles. The maximum absolute atomic E-state index is 12.2. The van der Waals surface area contributed by atoms with Crippen molar-refractivity contribution >= 4 is 5.97 Å². The molecule has 0 bridgehead atoms. The summed E-state index contributed by atoms with van der Waals surface area (Å²) in [4.78, 5) is 12.2. The smallest absolute Gasteiger partial charge is 0.343 e. The zero-order chi connectivity index (χ0) is 18.2. The average Bonchev–Trinajstić information content (AvgIpc) is 3.49. The molecule has 2 aromatic carbocycles. The molecule has 1 atom stereocenters. The van der Waals surface area contributed by atoms with Crippen LogP contribution >= 0.6 is 0 Å². The van der Waals surface area contributed by atoms with E-state index >= 15 is 0 Å².